The van der Waals surface area contributed by atoms with Gasteiger partial charge in [0.2, 0.25) is 5.91 Å². The van der Waals surface area contributed by atoms with Crippen LogP contribution in [0.1, 0.15) is 51.0 Å². The summed E-state index contributed by atoms with van der Waals surface area (Å²) in [5.74, 6) is -1.09. The Hall–Kier alpha value is -3.22. The van der Waals surface area contributed by atoms with Crippen LogP contribution in [0.3, 0.4) is 0 Å². The van der Waals surface area contributed by atoms with Crippen molar-refractivity contribution < 1.29 is 23.9 Å². The van der Waals surface area contributed by atoms with Gasteiger partial charge >= 0.3 is 5.97 Å². The molecule has 0 N–H and O–H groups in total. The van der Waals surface area contributed by atoms with Crippen LogP contribution in [0.25, 0.3) is 0 Å². The van der Waals surface area contributed by atoms with E-state index in [1.165, 1.54) is 17.6 Å². The summed E-state index contributed by atoms with van der Waals surface area (Å²) in [5, 5.41) is 0. The van der Waals surface area contributed by atoms with Crippen molar-refractivity contribution in [2.45, 2.75) is 19.8 Å². The van der Waals surface area contributed by atoms with E-state index in [0.717, 1.165) is 12.1 Å². The second kappa shape index (κ2) is 7.57. The largest absolute Gasteiger partial charge is 0.453 e. The lowest BCUT2D eigenvalue weighted by Gasteiger charge is -2.15. The van der Waals surface area contributed by atoms with E-state index in [-0.39, 0.29) is 23.2 Å². The van der Waals surface area contributed by atoms with Gasteiger partial charge in [-0.15, -0.1) is 0 Å². The van der Waals surface area contributed by atoms with Gasteiger partial charge in [0.05, 0.1) is 0 Å². The fourth-order valence-electron chi connectivity index (χ4n) is 3.00. The highest BCUT2D eigenvalue weighted by Crippen LogP contribution is 2.21. The molecule has 0 aliphatic carbocycles. The van der Waals surface area contributed by atoms with Crippen LogP contribution in [0.4, 0.5) is 5.69 Å². The van der Waals surface area contributed by atoms with Crippen molar-refractivity contribution in [3.05, 3.63) is 53.3 Å². The Morgan fingerprint density at radius 2 is 1.81 bits per heavy atom. The third-order valence-corrected chi connectivity index (χ3v) is 4.53. The van der Waals surface area contributed by atoms with Gasteiger partial charge in [0.25, 0.3) is 0 Å². The van der Waals surface area contributed by atoms with Crippen molar-refractivity contribution >= 4 is 29.1 Å². The molecule has 1 amide bonds. The molecule has 7 heteroatoms. The van der Waals surface area contributed by atoms with Crippen molar-refractivity contribution in [2.24, 2.45) is 7.05 Å². The molecule has 27 heavy (non-hydrogen) atoms. The number of ketones is 2. The van der Waals surface area contributed by atoms with Gasteiger partial charge in [-0.2, -0.15) is 0 Å². The van der Waals surface area contributed by atoms with Crippen LogP contribution < -0.4 is 4.90 Å². The summed E-state index contributed by atoms with van der Waals surface area (Å²) in [7, 11) is 1.63. The smallest absolute Gasteiger partial charge is 0.355 e. The molecule has 7 nitrogen and oxygen atoms in total. The number of hydrogen-bond donors (Lipinski definition) is 0. The highest BCUT2D eigenvalue weighted by atomic mass is 16.5. The first-order chi connectivity index (χ1) is 12.9. The maximum absolute atomic E-state index is 12.3. The van der Waals surface area contributed by atoms with Gasteiger partial charge in [-0.3, -0.25) is 14.4 Å². The summed E-state index contributed by atoms with van der Waals surface area (Å²) in [5.41, 5.74) is 1.76. The molecule has 2 heterocycles. The molecule has 0 unspecified atom stereocenters. The van der Waals surface area contributed by atoms with Crippen LogP contribution in [0, 0.1) is 0 Å². The molecule has 1 aromatic heterocycles. The molecule has 140 valence electrons. The van der Waals surface area contributed by atoms with E-state index in [4.69, 9.17) is 4.74 Å². The first-order valence-electron chi connectivity index (χ1n) is 8.65. The average Bonchev–Trinajstić information content (AvgIpc) is 3.25. The molecule has 2 aromatic rings. The maximum atomic E-state index is 12.3. The number of carbonyl (C=O) groups excluding carboxylic acids is 4. The van der Waals surface area contributed by atoms with Crippen LogP contribution in [-0.2, 0) is 16.6 Å². The summed E-state index contributed by atoms with van der Waals surface area (Å²) in [6.07, 6.45) is 2.92. The minimum Gasteiger partial charge on any atom is -0.453 e. The minimum absolute atomic E-state index is 0.0792. The summed E-state index contributed by atoms with van der Waals surface area (Å²) in [6, 6.07) is 8.11. The highest BCUT2D eigenvalue weighted by molar-refractivity contribution is 6.01. The zero-order valence-electron chi connectivity index (χ0n) is 15.2. The molecule has 1 fully saturated rings. The first kappa shape index (κ1) is 18.6. The highest BCUT2D eigenvalue weighted by Gasteiger charge is 2.22. The molecule has 3 rings (SSSR count). The Kier molecular flexibility index (Phi) is 5.21. The van der Waals surface area contributed by atoms with Gasteiger partial charge < -0.3 is 14.2 Å². The van der Waals surface area contributed by atoms with Crippen LogP contribution in [-0.4, -0.2) is 41.2 Å². The SMILES string of the molecule is CC(=O)c1cc(C(=O)OCC(=O)c2ccc(N3CCCC3=O)cc2)n(C)c1. The molecule has 0 radical (unpaired) electrons. The molecule has 0 atom stereocenters. The van der Waals surface area contributed by atoms with Gasteiger partial charge in [0, 0.05) is 43.0 Å². The number of nitrogens with zero attached hydrogens (tertiary/aromatic N) is 2. The fraction of sp³-hybridized carbons (Fsp3) is 0.300. The standard InChI is InChI=1S/C20H20N2O5/c1-13(23)15-10-17(21(2)11-15)20(26)27-12-18(24)14-5-7-16(8-6-14)22-9-3-4-19(22)25/h5-8,10-11H,3-4,9,12H2,1-2H3. The Morgan fingerprint density at radius 1 is 1.11 bits per heavy atom. The van der Waals surface area contributed by atoms with E-state index in [1.807, 2.05) is 0 Å². The molecule has 1 aliphatic rings. The lowest BCUT2D eigenvalue weighted by molar-refractivity contribution is -0.117. The Morgan fingerprint density at radius 3 is 2.37 bits per heavy atom. The number of benzene rings is 1. The summed E-state index contributed by atoms with van der Waals surface area (Å²) < 4.78 is 6.57. The number of aromatic nitrogens is 1. The number of ether oxygens (including phenoxy) is 1. The third-order valence-electron chi connectivity index (χ3n) is 4.53. The maximum Gasteiger partial charge on any atom is 0.355 e. The number of hydrogen-bond acceptors (Lipinski definition) is 5. The summed E-state index contributed by atoms with van der Waals surface area (Å²) in [6.45, 7) is 1.69. The summed E-state index contributed by atoms with van der Waals surface area (Å²) >= 11 is 0. The van der Waals surface area contributed by atoms with Gasteiger partial charge in [-0.05, 0) is 43.7 Å². The van der Waals surface area contributed by atoms with E-state index in [0.29, 0.717) is 24.1 Å². The van der Waals surface area contributed by atoms with Gasteiger partial charge in [0.15, 0.2) is 18.2 Å². The number of aryl methyl sites for hydroxylation is 1. The molecule has 0 bridgehead atoms. The lowest BCUT2D eigenvalue weighted by atomic mass is 10.1. The second-order valence-corrected chi connectivity index (χ2v) is 6.48. The average molecular weight is 368 g/mol. The molecular weight excluding hydrogens is 348 g/mol. The van der Waals surface area contributed by atoms with Crippen LogP contribution in [0.2, 0.25) is 0 Å². The fourth-order valence-corrected chi connectivity index (χ4v) is 3.00. The van der Waals surface area contributed by atoms with Crippen molar-refractivity contribution in [2.75, 3.05) is 18.1 Å². The quantitative estimate of drug-likeness (QED) is 0.577. The Balaban J connectivity index is 1.61. The zero-order chi connectivity index (χ0) is 19.6. The Labute approximate surface area is 156 Å². The van der Waals surface area contributed by atoms with Gasteiger partial charge in [0.1, 0.15) is 5.69 Å². The monoisotopic (exact) mass is 368 g/mol. The van der Waals surface area contributed by atoms with Crippen molar-refractivity contribution in [1.29, 1.82) is 0 Å². The van der Waals surface area contributed by atoms with Crippen molar-refractivity contribution in [3.8, 4) is 0 Å². The Bertz CT molecular complexity index is 911. The number of carbonyl (C=O) groups is 4. The van der Waals surface area contributed by atoms with Crippen LogP contribution in [0.15, 0.2) is 36.5 Å². The molecule has 1 aromatic carbocycles. The predicted octanol–water partition coefficient (Wildman–Crippen LogP) is 2.39. The van der Waals surface area contributed by atoms with Crippen LogP contribution >= 0.6 is 0 Å². The molecular formula is C20H20N2O5. The van der Waals surface area contributed by atoms with Crippen molar-refractivity contribution in [1.82, 2.24) is 4.57 Å². The summed E-state index contributed by atoms with van der Waals surface area (Å²) in [4.78, 5) is 49.2. The zero-order valence-corrected chi connectivity index (χ0v) is 15.2. The second-order valence-electron chi connectivity index (χ2n) is 6.48. The number of Topliss-reactive ketones (excluding diaryl/α,β-unsaturated/α-hetero) is 2. The molecule has 0 saturated carbocycles. The predicted molar refractivity (Wildman–Crippen MR) is 98.1 cm³/mol. The first-order valence-corrected chi connectivity index (χ1v) is 8.65. The number of rotatable bonds is 6. The molecule has 1 saturated heterocycles. The van der Waals surface area contributed by atoms with Gasteiger partial charge in [-0.1, -0.05) is 0 Å². The minimum atomic E-state index is -0.669. The van der Waals surface area contributed by atoms with E-state index in [2.05, 4.69) is 0 Å². The molecule has 0 spiro atoms. The van der Waals surface area contributed by atoms with Crippen LogP contribution in [0.5, 0.6) is 0 Å². The van der Waals surface area contributed by atoms with E-state index >= 15 is 0 Å². The lowest BCUT2D eigenvalue weighted by Crippen LogP contribution is -2.23. The van der Waals surface area contributed by atoms with E-state index < -0.39 is 12.6 Å². The number of amides is 1. The molecule has 1 aliphatic heterocycles. The van der Waals surface area contributed by atoms with Gasteiger partial charge in [-0.25, -0.2) is 4.79 Å². The number of anilines is 1. The topological polar surface area (TPSA) is 85.7 Å². The van der Waals surface area contributed by atoms with E-state index in [9.17, 15) is 19.2 Å². The van der Waals surface area contributed by atoms with Crippen molar-refractivity contribution in [3.63, 3.8) is 0 Å². The number of esters is 1. The third kappa shape index (κ3) is 3.97. The van der Waals surface area contributed by atoms with E-state index in [1.54, 1.807) is 42.4 Å². The normalized spacial score (nSPS) is 13.7.